The number of rotatable bonds is 5. The summed E-state index contributed by atoms with van der Waals surface area (Å²) >= 11 is 0. The standard InChI is InChI=1S/C21H22N4O4S/c1-13(2)25-30(28,29)16-8-6-7-15(12-16)20(26)23-24-21(27)18-11-14(3)22-19-10-5-4-9-17(18)19/h4-13,25H,1-3H3,(H,23,26)(H,24,27). The average Bonchev–Trinajstić information content (AvgIpc) is 2.70. The number of hydrazine groups is 1. The largest absolute Gasteiger partial charge is 0.270 e. The molecule has 156 valence electrons. The molecule has 0 radical (unpaired) electrons. The van der Waals surface area contributed by atoms with E-state index in [4.69, 9.17) is 0 Å². The molecule has 3 aromatic rings. The van der Waals surface area contributed by atoms with Crippen LogP contribution in [0.1, 0.15) is 40.3 Å². The zero-order chi connectivity index (χ0) is 21.9. The molecular formula is C21H22N4O4S. The number of aryl methyl sites for hydroxylation is 1. The van der Waals surface area contributed by atoms with E-state index in [0.29, 0.717) is 22.2 Å². The van der Waals surface area contributed by atoms with Gasteiger partial charge in [0.05, 0.1) is 16.0 Å². The van der Waals surface area contributed by atoms with E-state index < -0.39 is 21.8 Å². The van der Waals surface area contributed by atoms with Crippen molar-refractivity contribution in [2.75, 3.05) is 0 Å². The van der Waals surface area contributed by atoms with Crippen molar-refractivity contribution in [1.29, 1.82) is 0 Å². The van der Waals surface area contributed by atoms with Crippen molar-refractivity contribution in [3.05, 3.63) is 71.4 Å². The summed E-state index contributed by atoms with van der Waals surface area (Å²) in [6.45, 7) is 5.18. The molecule has 0 atom stereocenters. The summed E-state index contributed by atoms with van der Waals surface area (Å²) in [5.41, 5.74) is 6.51. The number of nitrogens with one attached hydrogen (secondary N) is 3. The van der Waals surface area contributed by atoms with Crippen molar-refractivity contribution < 1.29 is 18.0 Å². The number of para-hydroxylation sites is 1. The lowest BCUT2D eigenvalue weighted by Gasteiger charge is -2.12. The van der Waals surface area contributed by atoms with E-state index in [1.807, 2.05) is 6.07 Å². The summed E-state index contributed by atoms with van der Waals surface area (Å²) in [7, 11) is -3.74. The third kappa shape index (κ3) is 4.81. The SMILES string of the molecule is Cc1cc(C(=O)NNC(=O)c2cccc(S(=O)(=O)NC(C)C)c2)c2ccccc2n1. The minimum atomic E-state index is -3.74. The Kier molecular flexibility index (Phi) is 6.14. The highest BCUT2D eigenvalue weighted by Gasteiger charge is 2.18. The first-order valence-corrected chi connectivity index (χ1v) is 10.7. The molecule has 1 heterocycles. The Morgan fingerprint density at radius 3 is 2.37 bits per heavy atom. The smallest absolute Gasteiger partial charge is 0.267 e. The third-order valence-electron chi connectivity index (χ3n) is 4.18. The number of sulfonamides is 1. The van der Waals surface area contributed by atoms with Crippen LogP contribution in [0.2, 0.25) is 0 Å². The second-order valence-electron chi connectivity index (χ2n) is 7.04. The predicted octanol–water partition coefficient (Wildman–Crippen LogP) is 2.30. The van der Waals surface area contributed by atoms with Crippen LogP contribution in [-0.2, 0) is 10.0 Å². The molecule has 0 unspecified atom stereocenters. The number of nitrogens with zero attached hydrogens (tertiary/aromatic N) is 1. The van der Waals surface area contributed by atoms with Crippen molar-refractivity contribution in [2.24, 2.45) is 0 Å². The van der Waals surface area contributed by atoms with Crippen LogP contribution in [0.5, 0.6) is 0 Å². The van der Waals surface area contributed by atoms with Crippen molar-refractivity contribution in [3.8, 4) is 0 Å². The molecule has 0 aliphatic rings. The van der Waals surface area contributed by atoms with Crippen LogP contribution >= 0.6 is 0 Å². The maximum atomic E-state index is 12.6. The van der Waals surface area contributed by atoms with Gasteiger partial charge in [-0.05, 0) is 51.1 Å². The van der Waals surface area contributed by atoms with Crippen LogP contribution in [-0.4, -0.2) is 31.3 Å². The van der Waals surface area contributed by atoms with Gasteiger partial charge >= 0.3 is 0 Å². The number of pyridine rings is 1. The number of hydrogen-bond donors (Lipinski definition) is 3. The highest BCUT2D eigenvalue weighted by Crippen LogP contribution is 2.18. The summed E-state index contributed by atoms with van der Waals surface area (Å²) in [5, 5.41) is 0.655. The van der Waals surface area contributed by atoms with Gasteiger partial charge in [0.25, 0.3) is 11.8 Å². The average molecular weight is 426 g/mol. The minimum Gasteiger partial charge on any atom is -0.267 e. The van der Waals surface area contributed by atoms with Gasteiger partial charge in [-0.15, -0.1) is 0 Å². The molecule has 2 amide bonds. The molecule has 3 rings (SSSR count). The van der Waals surface area contributed by atoms with Crippen molar-refractivity contribution >= 4 is 32.7 Å². The monoisotopic (exact) mass is 426 g/mol. The Bertz CT molecular complexity index is 1220. The Balaban J connectivity index is 1.77. The summed E-state index contributed by atoms with van der Waals surface area (Å²) < 4.78 is 27.1. The molecule has 8 nitrogen and oxygen atoms in total. The Labute approximate surface area is 174 Å². The van der Waals surface area contributed by atoms with Crippen LogP contribution in [0.3, 0.4) is 0 Å². The zero-order valence-corrected chi connectivity index (χ0v) is 17.6. The number of aromatic nitrogens is 1. The van der Waals surface area contributed by atoms with E-state index in [9.17, 15) is 18.0 Å². The Morgan fingerprint density at radius 1 is 0.933 bits per heavy atom. The molecule has 0 bridgehead atoms. The van der Waals surface area contributed by atoms with Crippen LogP contribution in [0.15, 0.2) is 59.5 Å². The van der Waals surface area contributed by atoms with Gasteiger partial charge in [0.2, 0.25) is 10.0 Å². The fraction of sp³-hybridized carbons (Fsp3) is 0.190. The van der Waals surface area contributed by atoms with Crippen LogP contribution in [0, 0.1) is 6.92 Å². The number of fused-ring (bicyclic) bond motifs is 1. The van der Waals surface area contributed by atoms with Gasteiger partial charge in [0, 0.05) is 22.7 Å². The Morgan fingerprint density at radius 2 is 1.63 bits per heavy atom. The lowest BCUT2D eigenvalue weighted by Crippen LogP contribution is -2.41. The quantitative estimate of drug-likeness (QED) is 0.541. The second kappa shape index (κ2) is 8.60. The van der Waals surface area contributed by atoms with Gasteiger partial charge in [0.15, 0.2) is 0 Å². The first-order valence-electron chi connectivity index (χ1n) is 9.27. The number of amides is 2. The fourth-order valence-electron chi connectivity index (χ4n) is 2.93. The number of hydrogen-bond acceptors (Lipinski definition) is 5. The van der Waals surface area contributed by atoms with Gasteiger partial charge in [0.1, 0.15) is 0 Å². The van der Waals surface area contributed by atoms with Gasteiger partial charge < -0.3 is 0 Å². The molecule has 9 heteroatoms. The molecule has 0 aliphatic carbocycles. The summed E-state index contributed by atoms with van der Waals surface area (Å²) in [6, 6.07) is 14.1. The van der Waals surface area contributed by atoms with E-state index in [0.717, 1.165) is 0 Å². The van der Waals surface area contributed by atoms with Gasteiger partial charge in [-0.25, -0.2) is 13.1 Å². The Hall–Kier alpha value is -3.30. The molecule has 2 aromatic carbocycles. The maximum absolute atomic E-state index is 12.6. The predicted molar refractivity (Wildman–Crippen MR) is 113 cm³/mol. The van der Waals surface area contributed by atoms with Gasteiger partial charge in [-0.2, -0.15) is 0 Å². The van der Waals surface area contributed by atoms with Crippen LogP contribution in [0.25, 0.3) is 10.9 Å². The maximum Gasteiger partial charge on any atom is 0.270 e. The molecule has 30 heavy (non-hydrogen) atoms. The number of carbonyl (C=O) groups excluding carboxylic acids is 2. The molecule has 0 saturated carbocycles. The van der Waals surface area contributed by atoms with E-state index in [1.165, 1.54) is 24.3 Å². The topological polar surface area (TPSA) is 117 Å². The zero-order valence-electron chi connectivity index (χ0n) is 16.8. The first-order chi connectivity index (χ1) is 14.2. The molecule has 0 saturated heterocycles. The molecule has 0 aliphatic heterocycles. The van der Waals surface area contributed by atoms with Crippen molar-refractivity contribution in [1.82, 2.24) is 20.6 Å². The second-order valence-corrected chi connectivity index (χ2v) is 8.75. The van der Waals surface area contributed by atoms with E-state index >= 15 is 0 Å². The van der Waals surface area contributed by atoms with Crippen molar-refractivity contribution in [2.45, 2.75) is 31.7 Å². The number of benzene rings is 2. The van der Waals surface area contributed by atoms with E-state index in [2.05, 4.69) is 20.6 Å². The molecule has 1 aromatic heterocycles. The molecule has 0 spiro atoms. The summed E-state index contributed by atoms with van der Waals surface area (Å²) in [4.78, 5) is 29.4. The fourth-order valence-corrected chi connectivity index (χ4v) is 4.23. The highest BCUT2D eigenvalue weighted by atomic mass is 32.2. The van der Waals surface area contributed by atoms with E-state index in [-0.39, 0.29) is 16.5 Å². The minimum absolute atomic E-state index is 0.0362. The highest BCUT2D eigenvalue weighted by molar-refractivity contribution is 7.89. The summed E-state index contributed by atoms with van der Waals surface area (Å²) in [5.74, 6) is -1.14. The normalized spacial score (nSPS) is 11.5. The molecular weight excluding hydrogens is 404 g/mol. The first kappa shape index (κ1) is 21.4. The number of carbonyl (C=O) groups is 2. The lowest BCUT2D eigenvalue weighted by molar-refractivity contribution is 0.0847. The van der Waals surface area contributed by atoms with E-state index in [1.54, 1.807) is 45.0 Å². The van der Waals surface area contributed by atoms with Crippen LogP contribution in [0.4, 0.5) is 0 Å². The molecule has 0 fully saturated rings. The van der Waals surface area contributed by atoms with Crippen molar-refractivity contribution in [3.63, 3.8) is 0 Å². The lowest BCUT2D eigenvalue weighted by atomic mass is 10.1. The van der Waals surface area contributed by atoms with Crippen LogP contribution < -0.4 is 15.6 Å². The summed E-state index contributed by atoms with van der Waals surface area (Å²) in [6.07, 6.45) is 0. The molecule has 3 N–H and O–H groups in total. The third-order valence-corrected chi connectivity index (χ3v) is 5.83. The van der Waals surface area contributed by atoms with Gasteiger partial charge in [-0.3, -0.25) is 25.4 Å². The van der Waals surface area contributed by atoms with Gasteiger partial charge in [-0.1, -0.05) is 24.3 Å².